The van der Waals surface area contributed by atoms with Gasteiger partial charge in [-0.25, -0.2) is 0 Å². The average Bonchev–Trinajstić information content (AvgIpc) is 3.23. The van der Waals surface area contributed by atoms with Crippen molar-refractivity contribution in [1.82, 2.24) is 0 Å². The maximum absolute atomic E-state index is 2.30. The van der Waals surface area contributed by atoms with E-state index in [4.69, 9.17) is 0 Å². The predicted molar refractivity (Wildman–Crippen MR) is 102 cm³/mol. The van der Waals surface area contributed by atoms with Crippen LogP contribution >= 0.6 is 21.7 Å². The predicted octanol–water partition coefficient (Wildman–Crippen LogP) is 7.03. The quantitative estimate of drug-likeness (QED) is 0.177. The van der Waals surface area contributed by atoms with Crippen LogP contribution in [0.25, 0.3) is 0 Å². The molecule has 0 aromatic rings. The molecule has 0 aromatic heterocycles. The molecule has 122 valence electrons. The highest BCUT2D eigenvalue weighted by molar-refractivity contribution is 8.06. The van der Waals surface area contributed by atoms with Gasteiger partial charge in [0, 0.05) is 11.0 Å². The van der Waals surface area contributed by atoms with Crippen LogP contribution in [0.4, 0.5) is 0 Å². The van der Waals surface area contributed by atoms with Gasteiger partial charge < -0.3 is 0 Å². The third-order valence-electron chi connectivity index (χ3n) is 4.28. The molecule has 0 N–H and O–H groups in total. The Bertz CT molecular complexity index is 180. The molecule has 0 amide bonds. The van der Waals surface area contributed by atoms with Crippen LogP contribution in [0.3, 0.4) is 0 Å². The van der Waals surface area contributed by atoms with Gasteiger partial charge in [0.2, 0.25) is 0 Å². The highest BCUT2D eigenvalue weighted by atomic mass is 32.2. The number of hydrogen-bond acceptors (Lipinski definition) is 1. The molecule has 1 heterocycles. The van der Waals surface area contributed by atoms with E-state index in [-0.39, 0.29) is 9.90 Å². The highest BCUT2D eigenvalue weighted by Crippen LogP contribution is 2.34. The van der Waals surface area contributed by atoms with Gasteiger partial charge in [0.05, 0.1) is 0 Å². The van der Waals surface area contributed by atoms with E-state index in [1.807, 2.05) is 0 Å². The lowest BCUT2D eigenvalue weighted by Crippen LogP contribution is -1.85. The summed E-state index contributed by atoms with van der Waals surface area (Å²) in [5.74, 6) is 1.46. The molecule has 0 aliphatic carbocycles. The molecule has 0 nitrogen and oxygen atoms in total. The Morgan fingerprint density at radius 1 is 0.650 bits per heavy atom. The Hall–Kier alpha value is 0.780. The minimum absolute atomic E-state index is 0. The lowest BCUT2D eigenvalue weighted by atomic mass is 10.0. The summed E-state index contributed by atoms with van der Waals surface area (Å²) in [4.78, 5) is 0. The van der Waals surface area contributed by atoms with Gasteiger partial charge in [-0.05, 0) is 6.42 Å². The molecule has 0 radical (unpaired) electrons. The first-order valence-electron chi connectivity index (χ1n) is 9.05. The second-order valence-electron chi connectivity index (χ2n) is 6.34. The zero-order valence-electron chi connectivity index (χ0n) is 14.0. The van der Waals surface area contributed by atoms with Crippen molar-refractivity contribution in [1.29, 1.82) is 0 Å². The van der Waals surface area contributed by atoms with Crippen LogP contribution in [0, 0.1) is 0 Å². The van der Waals surface area contributed by atoms with Crippen LogP contribution in [0.5, 0.6) is 0 Å². The number of rotatable bonds is 15. The highest BCUT2D eigenvalue weighted by Gasteiger charge is 2.20. The monoisotopic (exact) mass is 318 g/mol. The van der Waals surface area contributed by atoms with E-state index in [0.29, 0.717) is 0 Å². The van der Waals surface area contributed by atoms with Crippen molar-refractivity contribution < 1.29 is 0 Å². The maximum Gasteiger partial charge on any atom is 0.0138 e. The average molecular weight is 319 g/mol. The molecule has 1 aliphatic rings. The molecule has 0 saturated carbocycles. The smallest absolute Gasteiger partial charge is 0.0138 e. The molecule has 2 unspecified atom stereocenters. The summed E-state index contributed by atoms with van der Waals surface area (Å²) in [6.07, 6.45) is 22.2. The Kier molecular flexibility index (Phi) is 16.8. The summed E-state index contributed by atoms with van der Waals surface area (Å²) in [5.41, 5.74) is 0. The fraction of sp³-hybridized carbons (Fsp3) is 1.00. The van der Waals surface area contributed by atoms with E-state index in [9.17, 15) is 0 Å². The molecule has 1 fully saturated rings. The van der Waals surface area contributed by atoms with Gasteiger partial charge in [0.15, 0.2) is 0 Å². The largest absolute Gasteiger partial charge is 0.157 e. The normalized spacial score (nSPS) is 16.9. The van der Waals surface area contributed by atoms with Gasteiger partial charge in [-0.3, -0.25) is 0 Å². The van der Waals surface area contributed by atoms with E-state index < -0.39 is 0 Å². The molecule has 0 aromatic carbocycles. The fourth-order valence-electron chi connectivity index (χ4n) is 2.80. The van der Waals surface area contributed by atoms with Crippen LogP contribution < -0.4 is 0 Å². The zero-order chi connectivity index (χ0) is 13.6. The van der Waals surface area contributed by atoms with Crippen molar-refractivity contribution in [3.05, 3.63) is 0 Å². The number of thioether (sulfide) groups is 1. The summed E-state index contributed by atoms with van der Waals surface area (Å²) in [5, 5.41) is 1.07. The lowest BCUT2D eigenvalue weighted by molar-refractivity contribution is 0.533. The first-order chi connectivity index (χ1) is 9.43. The molecule has 0 bridgehead atoms. The summed E-state index contributed by atoms with van der Waals surface area (Å²) in [6.45, 7) is 2.30. The van der Waals surface area contributed by atoms with Crippen LogP contribution in [0.2, 0.25) is 0 Å². The molecule has 1 aliphatic heterocycles. The van der Waals surface area contributed by atoms with Gasteiger partial charge in [-0.15, -0.1) is 0 Å². The van der Waals surface area contributed by atoms with Crippen molar-refractivity contribution in [2.75, 3.05) is 5.75 Å². The Balaban J connectivity index is 0.00000361. The second-order valence-corrected chi connectivity index (χ2v) is 7.67. The standard InChI is InChI=1S/C18H36S.H3P/c1-2-3-4-5-6-7-8-9-10-11-12-13-14-15-16-18-17-19-18;/h18H,2-17H2,1H3;1H3. The molecule has 20 heavy (non-hydrogen) atoms. The first-order valence-corrected chi connectivity index (χ1v) is 10.1. The van der Waals surface area contributed by atoms with Crippen LogP contribution in [-0.4, -0.2) is 11.0 Å². The van der Waals surface area contributed by atoms with Gasteiger partial charge >= 0.3 is 0 Å². The molecule has 2 heteroatoms. The summed E-state index contributed by atoms with van der Waals surface area (Å²) >= 11 is 2.15. The minimum atomic E-state index is 0. The van der Waals surface area contributed by atoms with Crippen molar-refractivity contribution in [3.63, 3.8) is 0 Å². The van der Waals surface area contributed by atoms with Crippen LogP contribution in [0.1, 0.15) is 103 Å². The Morgan fingerprint density at radius 2 is 1.00 bits per heavy atom. The first kappa shape index (κ1) is 20.8. The maximum atomic E-state index is 2.30. The summed E-state index contributed by atoms with van der Waals surface area (Å²) in [6, 6.07) is 0. The molecular formula is C18H39PS. The third kappa shape index (κ3) is 15.2. The van der Waals surface area contributed by atoms with Crippen molar-refractivity contribution in [3.8, 4) is 0 Å². The number of hydrogen-bond donors (Lipinski definition) is 0. The van der Waals surface area contributed by atoms with Gasteiger partial charge in [-0.2, -0.15) is 21.7 Å². The van der Waals surface area contributed by atoms with E-state index in [1.165, 1.54) is 102 Å². The topological polar surface area (TPSA) is 0 Å². The van der Waals surface area contributed by atoms with Crippen LogP contribution in [0.15, 0.2) is 0 Å². The van der Waals surface area contributed by atoms with E-state index in [2.05, 4.69) is 18.7 Å². The van der Waals surface area contributed by atoms with E-state index >= 15 is 0 Å². The number of unbranched alkanes of at least 4 members (excludes halogenated alkanes) is 13. The zero-order valence-corrected chi connectivity index (χ0v) is 16.2. The molecule has 2 atom stereocenters. The lowest BCUT2D eigenvalue weighted by Gasteiger charge is -2.03. The molecule has 0 spiro atoms. The van der Waals surface area contributed by atoms with Gasteiger partial charge in [-0.1, -0.05) is 96.8 Å². The second kappa shape index (κ2) is 16.2. The Morgan fingerprint density at radius 3 is 1.35 bits per heavy atom. The van der Waals surface area contributed by atoms with E-state index in [1.54, 1.807) is 0 Å². The Labute approximate surface area is 136 Å². The fourth-order valence-corrected chi connectivity index (χ4v) is 3.44. The van der Waals surface area contributed by atoms with E-state index in [0.717, 1.165) is 5.25 Å². The van der Waals surface area contributed by atoms with Crippen LogP contribution in [-0.2, 0) is 0 Å². The minimum Gasteiger partial charge on any atom is -0.157 e. The van der Waals surface area contributed by atoms with Gasteiger partial charge in [0.25, 0.3) is 0 Å². The summed E-state index contributed by atoms with van der Waals surface area (Å²) in [7, 11) is 0. The SMILES string of the molecule is CCCCCCCCCCCCCCCCC1CS1.P. The summed E-state index contributed by atoms with van der Waals surface area (Å²) < 4.78 is 0. The molecule has 1 rings (SSSR count). The van der Waals surface area contributed by atoms with Crippen molar-refractivity contribution in [2.24, 2.45) is 0 Å². The third-order valence-corrected chi connectivity index (χ3v) is 5.32. The van der Waals surface area contributed by atoms with Gasteiger partial charge in [0.1, 0.15) is 0 Å². The van der Waals surface area contributed by atoms with Crippen molar-refractivity contribution >= 4 is 21.7 Å². The molecule has 1 saturated heterocycles. The van der Waals surface area contributed by atoms with Crippen molar-refractivity contribution in [2.45, 2.75) is 108 Å². The molecular weight excluding hydrogens is 279 g/mol.